The SMILES string of the molecule is Cc1ccc(NS(=O)(=O)c2ccc(NC(=O)c3ccc(C)c(S(=O)(=O)Nc4cccc(C)c4C)c3)cc2)cc1Cl. The van der Waals surface area contributed by atoms with Gasteiger partial charge in [0.1, 0.15) is 0 Å². The molecule has 11 heteroatoms. The molecule has 0 aliphatic carbocycles. The van der Waals surface area contributed by atoms with Crippen molar-refractivity contribution in [1.29, 1.82) is 0 Å². The first-order valence-corrected chi connectivity index (χ1v) is 15.5. The first-order valence-electron chi connectivity index (χ1n) is 12.2. The summed E-state index contributed by atoms with van der Waals surface area (Å²) in [6.45, 7) is 7.18. The zero-order valence-electron chi connectivity index (χ0n) is 22.2. The van der Waals surface area contributed by atoms with E-state index >= 15 is 0 Å². The summed E-state index contributed by atoms with van der Waals surface area (Å²) < 4.78 is 57.1. The molecule has 0 saturated heterocycles. The van der Waals surface area contributed by atoms with E-state index in [1.165, 1.54) is 42.5 Å². The second-order valence-electron chi connectivity index (χ2n) is 9.38. The van der Waals surface area contributed by atoms with E-state index in [-0.39, 0.29) is 15.4 Å². The number of benzene rings is 4. The average Bonchev–Trinajstić information content (AvgIpc) is 2.89. The summed E-state index contributed by atoms with van der Waals surface area (Å²) in [6, 6.07) is 20.2. The standard InChI is InChI=1S/C29H28ClN3O5S2/c1-18-6-5-7-27(21(18)4)33-40(37,38)28-16-22(10-8-20(28)3)29(34)31-23-12-14-25(15-13-23)39(35,36)32-24-11-9-19(2)26(30)17-24/h5-17,32-33H,1-4H3,(H,31,34). The maximum absolute atomic E-state index is 13.2. The van der Waals surface area contributed by atoms with Crippen LogP contribution in [-0.2, 0) is 20.0 Å². The number of carbonyl (C=O) groups is 1. The summed E-state index contributed by atoms with van der Waals surface area (Å²) in [6.07, 6.45) is 0. The molecule has 40 heavy (non-hydrogen) atoms. The van der Waals surface area contributed by atoms with Gasteiger partial charge in [0.15, 0.2) is 0 Å². The van der Waals surface area contributed by atoms with Crippen LogP contribution in [0, 0.1) is 27.7 Å². The van der Waals surface area contributed by atoms with Crippen LogP contribution in [0.15, 0.2) is 88.7 Å². The molecule has 0 fully saturated rings. The third-order valence-electron chi connectivity index (χ3n) is 6.44. The highest BCUT2D eigenvalue weighted by atomic mass is 35.5. The molecule has 1 amide bonds. The van der Waals surface area contributed by atoms with Gasteiger partial charge in [-0.1, -0.05) is 35.9 Å². The third kappa shape index (κ3) is 6.47. The van der Waals surface area contributed by atoms with E-state index in [9.17, 15) is 21.6 Å². The van der Waals surface area contributed by atoms with Gasteiger partial charge in [-0.05, 0) is 105 Å². The highest BCUT2D eigenvalue weighted by molar-refractivity contribution is 7.93. The smallest absolute Gasteiger partial charge is 0.262 e. The zero-order valence-corrected chi connectivity index (χ0v) is 24.6. The van der Waals surface area contributed by atoms with Crippen molar-refractivity contribution in [2.75, 3.05) is 14.8 Å². The van der Waals surface area contributed by atoms with Gasteiger partial charge in [0.2, 0.25) is 0 Å². The van der Waals surface area contributed by atoms with Crippen LogP contribution in [0.1, 0.15) is 32.6 Å². The number of hydrogen-bond acceptors (Lipinski definition) is 5. The van der Waals surface area contributed by atoms with Crippen LogP contribution in [0.25, 0.3) is 0 Å². The van der Waals surface area contributed by atoms with Gasteiger partial charge in [-0.2, -0.15) is 0 Å². The Kier molecular flexibility index (Phi) is 8.25. The number of anilines is 3. The fraction of sp³-hybridized carbons (Fsp3) is 0.138. The van der Waals surface area contributed by atoms with E-state index in [0.29, 0.717) is 27.6 Å². The lowest BCUT2D eigenvalue weighted by molar-refractivity contribution is 0.102. The van der Waals surface area contributed by atoms with Crippen molar-refractivity contribution in [2.45, 2.75) is 37.5 Å². The number of amides is 1. The molecule has 8 nitrogen and oxygen atoms in total. The summed E-state index contributed by atoms with van der Waals surface area (Å²) in [5, 5.41) is 3.11. The van der Waals surface area contributed by atoms with Crippen molar-refractivity contribution in [3.8, 4) is 0 Å². The highest BCUT2D eigenvalue weighted by Crippen LogP contribution is 2.26. The molecular weight excluding hydrogens is 570 g/mol. The molecule has 0 heterocycles. The van der Waals surface area contributed by atoms with Crippen LogP contribution in [0.5, 0.6) is 0 Å². The minimum atomic E-state index is -3.98. The van der Waals surface area contributed by atoms with Gasteiger partial charge in [-0.25, -0.2) is 16.8 Å². The molecule has 0 aliphatic rings. The fourth-order valence-electron chi connectivity index (χ4n) is 3.88. The molecule has 4 aromatic rings. The van der Waals surface area contributed by atoms with Crippen molar-refractivity contribution in [3.05, 3.63) is 112 Å². The molecule has 0 saturated carbocycles. The Labute approximate surface area is 239 Å². The predicted octanol–water partition coefficient (Wildman–Crippen LogP) is 6.43. The molecule has 0 aromatic heterocycles. The topological polar surface area (TPSA) is 121 Å². The number of hydrogen-bond donors (Lipinski definition) is 3. The molecule has 4 rings (SSSR count). The number of sulfonamides is 2. The van der Waals surface area contributed by atoms with E-state index in [0.717, 1.165) is 16.7 Å². The number of rotatable bonds is 8. The first kappa shape index (κ1) is 29.1. The van der Waals surface area contributed by atoms with Gasteiger partial charge < -0.3 is 5.32 Å². The Bertz CT molecular complexity index is 1820. The number of aryl methyl sites for hydroxylation is 3. The van der Waals surface area contributed by atoms with E-state index in [2.05, 4.69) is 14.8 Å². The van der Waals surface area contributed by atoms with Crippen molar-refractivity contribution < 1.29 is 21.6 Å². The lowest BCUT2D eigenvalue weighted by Gasteiger charge is -2.15. The second kappa shape index (κ2) is 11.3. The molecule has 0 spiro atoms. The van der Waals surface area contributed by atoms with E-state index in [4.69, 9.17) is 11.6 Å². The first-order chi connectivity index (χ1) is 18.8. The van der Waals surface area contributed by atoms with Gasteiger partial charge >= 0.3 is 0 Å². The molecule has 4 aromatic carbocycles. The van der Waals surface area contributed by atoms with Crippen LogP contribution < -0.4 is 14.8 Å². The van der Waals surface area contributed by atoms with Crippen LogP contribution >= 0.6 is 11.6 Å². The molecule has 208 valence electrons. The molecule has 0 radical (unpaired) electrons. The lowest BCUT2D eigenvalue weighted by Crippen LogP contribution is -2.18. The van der Waals surface area contributed by atoms with E-state index < -0.39 is 26.0 Å². The quantitative estimate of drug-likeness (QED) is 0.216. The monoisotopic (exact) mass is 597 g/mol. The van der Waals surface area contributed by atoms with Gasteiger partial charge in [0, 0.05) is 16.3 Å². The largest absolute Gasteiger partial charge is 0.322 e. The Balaban J connectivity index is 1.51. The molecule has 0 bridgehead atoms. The second-order valence-corrected chi connectivity index (χ2v) is 13.1. The van der Waals surface area contributed by atoms with Crippen LogP contribution in [-0.4, -0.2) is 22.7 Å². The lowest BCUT2D eigenvalue weighted by atomic mass is 10.1. The van der Waals surface area contributed by atoms with Crippen LogP contribution in [0.2, 0.25) is 5.02 Å². The summed E-state index contributed by atoms with van der Waals surface area (Å²) in [4.78, 5) is 12.9. The summed E-state index contributed by atoms with van der Waals surface area (Å²) in [5.41, 5.74) is 4.30. The number of nitrogens with one attached hydrogen (secondary N) is 3. The Morgan fingerprint density at radius 3 is 2.00 bits per heavy atom. The maximum atomic E-state index is 13.2. The molecule has 0 atom stereocenters. The minimum Gasteiger partial charge on any atom is -0.322 e. The molecule has 0 unspecified atom stereocenters. The van der Waals surface area contributed by atoms with Crippen LogP contribution in [0.3, 0.4) is 0 Å². The van der Waals surface area contributed by atoms with E-state index in [1.54, 1.807) is 37.3 Å². The van der Waals surface area contributed by atoms with Gasteiger partial charge in [-0.15, -0.1) is 0 Å². The third-order valence-corrected chi connectivity index (χ3v) is 9.75. The number of halogens is 1. The zero-order chi connectivity index (χ0) is 29.2. The normalized spacial score (nSPS) is 11.6. The molecular formula is C29H28ClN3O5S2. The van der Waals surface area contributed by atoms with Crippen molar-refractivity contribution in [1.82, 2.24) is 0 Å². The molecule has 0 aliphatic heterocycles. The Hall–Kier alpha value is -3.86. The summed E-state index contributed by atoms with van der Waals surface area (Å²) in [7, 11) is -7.87. The average molecular weight is 598 g/mol. The van der Waals surface area contributed by atoms with Crippen LogP contribution in [0.4, 0.5) is 17.1 Å². The van der Waals surface area contributed by atoms with Gasteiger partial charge in [0.25, 0.3) is 26.0 Å². The van der Waals surface area contributed by atoms with Crippen molar-refractivity contribution in [2.24, 2.45) is 0 Å². The molecule has 3 N–H and O–H groups in total. The van der Waals surface area contributed by atoms with Crippen molar-refractivity contribution >= 4 is 54.6 Å². The summed E-state index contributed by atoms with van der Waals surface area (Å²) in [5.74, 6) is -0.550. The minimum absolute atomic E-state index is 0.0107. The highest BCUT2D eigenvalue weighted by Gasteiger charge is 2.21. The Morgan fingerprint density at radius 2 is 1.32 bits per heavy atom. The summed E-state index contributed by atoms with van der Waals surface area (Å²) >= 11 is 6.09. The van der Waals surface area contributed by atoms with Crippen molar-refractivity contribution in [3.63, 3.8) is 0 Å². The Morgan fingerprint density at radius 1 is 0.675 bits per heavy atom. The van der Waals surface area contributed by atoms with Gasteiger partial charge in [-0.3, -0.25) is 14.2 Å². The maximum Gasteiger partial charge on any atom is 0.262 e. The van der Waals surface area contributed by atoms with Gasteiger partial charge in [0.05, 0.1) is 21.2 Å². The number of carbonyl (C=O) groups excluding carboxylic acids is 1. The predicted molar refractivity (Wildman–Crippen MR) is 159 cm³/mol. The van der Waals surface area contributed by atoms with E-state index in [1.807, 2.05) is 26.8 Å². The fourth-order valence-corrected chi connectivity index (χ4v) is 6.51.